The van der Waals surface area contributed by atoms with E-state index in [2.05, 4.69) is 23.5 Å². The predicted molar refractivity (Wildman–Crippen MR) is 81.4 cm³/mol. The van der Waals surface area contributed by atoms with Gasteiger partial charge in [0.2, 0.25) is 11.8 Å². The van der Waals surface area contributed by atoms with E-state index in [0.717, 1.165) is 31.5 Å². The molecule has 5 nitrogen and oxygen atoms in total. The Bertz CT molecular complexity index is 674. The van der Waals surface area contributed by atoms with E-state index in [1.54, 1.807) is 0 Å². The van der Waals surface area contributed by atoms with Crippen LogP contribution in [0, 0.1) is 0 Å². The highest BCUT2D eigenvalue weighted by molar-refractivity contribution is 5.98. The van der Waals surface area contributed by atoms with Crippen molar-refractivity contribution in [3.05, 3.63) is 29.8 Å². The molecule has 22 heavy (non-hydrogen) atoms. The summed E-state index contributed by atoms with van der Waals surface area (Å²) >= 11 is 0. The number of piperazine rings is 1. The van der Waals surface area contributed by atoms with Crippen LogP contribution in [0.1, 0.15) is 30.7 Å². The Morgan fingerprint density at radius 1 is 1.05 bits per heavy atom. The van der Waals surface area contributed by atoms with Crippen molar-refractivity contribution >= 4 is 17.5 Å². The number of rotatable bonds is 0. The van der Waals surface area contributed by atoms with Crippen LogP contribution in [0.4, 0.5) is 5.69 Å². The number of para-hydroxylation sites is 1. The lowest BCUT2D eigenvalue weighted by molar-refractivity contribution is -0.161. The van der Waals surface area contributed by atoms with E-state index in [-0.39, 0.29) is 29.9 Å². The Kier molecular flexibility index (Phi) is 2.41. The SMILES string of the molecule is O=C1C2CC3c4ccccc4NC3CN2C(=O)C2CCCN12. The van der Waals surface area contributed by atoms with Gasteiger partial charge in [-0.1, -0.05) is 18.2 Å². The van der Waals surface area contributed by atoms with Gasteiger partial charge in [-0.25, -0.2) is 0 Å². The number of benzene rings is 1. The average Bonchev–Trinajstić information content (AvgIpc) is 3.15. The van der Waals surface area contributed by atoms with E-state index in [0.29, 0.717) is 12.5 Å². The van der Waals surface area contributed by atoms with E-state index in [4.69, 9.17) is 0 Å². The van der Waals surface area contributed by atoms with Gasteiger partial charge in [-0.3, -0.25) is 9.59 Å². The molecule has 0 bridgehead atoms. The van der Waals surface area contributed by atoms with E-state index >= 15 is 0 Å². The standard InChI is InChI=1S/C17H19N3O2/c21-16-14-6-3-7-19(14)17(22)15-8-11-10-4-1-2-5-12(10)18-13(11)9-20(15)16/h1-2,4-5,11,13-15,18H,3,6-9H2. The molecule has 0 radical (unpaired) electrons. The summed E-state index contributed by atoms with van der Waals surface area (Å²) in [6, 6.07) is 8.13. The van der Waals surface area contributed by atoms with Gasteiger partial charge in [0.05, 0.1) is 6.04 Å². The lowest BCUT2D eigenvalue weighted by Gasteiger charge is -2.47. The maximum absolute atomic E-state index is 12.8. The molecule has 1 N–H and O–H groups in total. The van der Waals surface area contributed by atoms with Crippen LogP contribution in [0.5, 0.6) is 0 Å². The molecule has 4 heterocycles. The van der Waals surface area contributed by atoms with Crippen LogP contribution < -0.4 is 5.32 Å². The van der Waals surface area contributed by atoms with Gasteiger partial charge in [-0.05, 0) is 30.9 Å². The first kappa shape index (κ1) is 12.5. The Labute approximate surface area is 129 Å². The molecule has 3 saturated heterocycles. The van der Waals surface area contributed by atoms with Crippen molar-refractivity contribution in [1.29, 1.82) is 0 Å². The van der Waals surface area contributed by atoms with Crippen molar-refractivity contribution in [2.45, 2.75) is 43.3 Å². The van der Waals surface area contributed by atoms with Gasteiger partial charge < -0.3 is 15.1 Å². The number of nitrogens with one attached hydrogen (secondary N) is 1. The lowest BCUT2D eigenvalue weighted by atomic mass is 9.82. The summed E-state index contributed by atoms with van der Waals surface area (Å²) in [6.45, 7) is 1.40. The highest BCUT2D eigenvalue weighted by atomic mass is 16.2. The summed E-state index contributed by atoms with van der Waals surface area (Å²) in [7, 11) is 0. The molecule has 4 atom stereocenters. The van der Waals surface area contributed by atoms with Crippen molar-refractivity contribution in [3.8, 4) is 0 Å². The van der Waals surface area contributed by atoms with Crippen LogP contribution in [0.2, 0.25) is 0 Å². The van der Waals surface area contributed by atoms with Crippen LogP contribution in [0.3, 0.4) is 0 Å². The third-order valence-electron chi connectivity index (χ3n) is 5.82. The summed E-state index contributed by atoms with van der Waals surface area (Å²) in [5.74, 6) is 0.677. The van der Waals surface area contributed by atoms with Crippen LogP contribution in [-0.4, -0.2) is 52.8 Å². The highest BCUT2D eigenvalue weighted by Crippen LogP contribution is 2.44. The van der Waals surface area contributed by atoms with Crippen molar-refractivity contribution in [2.75, 3.05) is 18.4 Å². The summed E-state index contributed by atoms with van der Waals surface area (Å²) in [6.07, 6.45) is 2.54. The quantitative estimate of drug-likeness (QED) is 0.782. The fourth-order valence-corrected chi connectivity index (χ4v) is 4.79. The normalized spacial score (nSPS) is 35.6. The zero-order valence-corrected chi connectivity index (χ0v) is 12.4. The molecule has 0 spiro atoms. The fraction of sp³-hybridized carbons (Fsp3) is 0.529. The molecule has 4 unspecified atom stereocenters. The number of hydrogen-bond donors (Lipinski definition) is 1. The first-order chi connectivity index (χ1) is 10.7. The van der Waals surface area contributed by atoms with Gasteiger partial charge in [0, 0.05) is 24.7 Å². The Morgan fingerprint density at radius 3 is 2.77 bits per heavy atom. The van der Waals surface area contributed by atoms with E-state index in [1.807, 2.05) is 15.9 Å². The molecule has 4 aliphatic heterocycles. The number of hydrogen-bond acceptors (Lipinski definition) is 3. The maximum Gasteiger partial charge on any atom is 0.246 e. The molecule has 2 amide bonds. The van der Waals surface area contributed by atoms with Crippen LogP contribution in [0.15, 0.2) is 24.3 Å². The summed E-state index contributed by atoms with van der Waals surface area (Å²) in [4.78, 5) is 29.2. The highest BCUT2D eigenvalue weighted by Gasteiger charge is 2.53. The number of piperidine rings is 1. The molecule has 0 aliphatic carbocycles. The molecule has 1 aromatic carbocycles. The smallest absolute Gasteiger partial charge is 0.246 e. The number of nitrogens with zero attached hydrogens (tertiary/aromatic N) is 2. The van der Waals surface area contributed by atoms with Gasteiger partial charge in [-0.2, -0.15) is 0 Å². The molecule has 1 aromatic rings. The number of fused-ring (bicyclic) bond motifs is 5. The van der Waals surface area contributed by atoms with Crippen molar-refractivity contribution in [3.63, 3.8) is 0 Å². The monoisotopic (exact) mass is 297 g/mol. The second kappa shape index (κ2) is 4.24. The molecule has 5 heteroatoms. The fourth-order valence-electron chi connectivity index (χ4n) is 4.79. The molecule has 5 rings (SSSR count). The maximum atomic E-state index is 12.8. The predicted octanol–water partition coefficient (Wildman–Crippen LogP) is 1.17. The zero-order chi connectivity index (χ0) is 14.8. The van der Waals surface area contributed by atoms with Gasteiger partial charge >= 0.3 is 0 Å². The van der Waals surface area contributed by atoms with Crippen molar-refractivity contribution < 1.29 is 9.59 Å². The minimum atomic E-state index is -0.254. The van der Waals surface area contributed by atoms with Crippen molar-refractivity contribution in [2.24, 2.45) is 0 Å². The summed E-state index contributed by atoms with van der Waals surface area (Å²) < 4.78 is 0. The minimum Gasteiger partial charge on any atom is -0.380 e. The molecule has 3 fully saturated rings. The van der Waals surface area contributed by atoms with Crippen LogP contribution in [0.25, 0.3) is 0 Å². The number of carbonyl (C=O) groups is 2. The first-order valence-electron chi connectivity index (χ1n) is 8.20. The third-order valence-corrected chi connectivity index (χ3v) is 5.82. The third kappa shape index (κ3) is 1.49. The molecular weight excluding hydrogens is 278 g/mol. The Hall–Kier alpha value is -2.04. The van der Waals surface area contributed by atoms with Gasteiger partial charge in [0.25, 0.3) is 0 Å². The van der Waals surface area contributed by atoms with Crippen molar-refractivity contribution in [1.82, 2.24) is 9.80 Å². The molecule has 0 aromatic heterocycles. The second-order valence-electron chi connectivity index (χ2n) is 6.88. The molecular formula is C17H19N3O2. The second-order valence-corrected chi connectivity index (χ2v) is 6.88. The summed E-state index contributed by atoms with van der Waals surface area (Å²) in [5.41, 5.74) is 2.47. The summed E-state index contributed by atoms with van der Waals surface area (Å²) in [5, 5.41) is 3.55. The number of carbonyl (C=O) groups excluding carboxylic acids is 2. The number of amides is 2. The molecule has 4 aliphatic rings. The number of anilines is 1. The lowest BCUT2D eigenvalue weighted by Crippen LogP contribution is -2.66. The van der Waals surface area contributed by atoms with Crippen LogP contribution in [-0.2, 0) is 9.59 Å². The Balaban J connectivity index is 1.51. The van der Waals surface area contributed by atoms with E-state index < -0.39 is 0 Å². The molecule has 0 saturated carbocycles. The largest absolute Gasteiger partial charge is 0.380 e. The topological polar surface area (TPSA) is 52.7 Å². The molecule has 114 valence electrons. The minimum absolute atomic E-state index is 0.165. The first-order valence-corrected chi connectivity index (χ1v) is 8.20. The van der Waals surface area contributed by atoms with Gasteiger partial charge in [0.1, 0.15) is 12.1 Å². The van der Waals surface area contributed by atoms with Gasteiger partial charge in [-0.15, -0.1) is 0 Å². The van der Waals surface area contributed by atoms with Gasteiger partial charge in [0.15, 0.2) is 0 Å². The van der Waals surface area contributed by atoms with E-state index in [9.17, 15) is 9.59 Å². The average molecular weight is 297 g/mol. The zero-order valence-electron chi connectivity index (χ0n) is 12.4. The van der Waals surface area contributed by atoms with Crippen LogP contribution >= 0.6 is 0 Å². The Morgan fingerprint density at radius 2 is 1.86 bits per heavy atom. The van der Waals surface area contributed by atoms with E-state index in [1.165, 1.54) is 5.56 Å².